The molecular formula is C43H48ClF4N11O. The van der Waals surface area contributed by atoms with E-state index in [2.05, 4.69) is 49.5 Å². The van der Waals surface area contributed by atoms with E-state index in [0.29, 0.717) is 54.2 Å². The molecule has 12 nitrogen and oxygen atoms in total. The van der Waals surface area contributed by atoms with Crippen LogP contribution >= 0.6 is 11.6 Å². The van der Waals surface area contributed by atoms with Crippen LogP contribution in [0.1, 0.15) is 57.5 Å². The molecule has 1 saturated carbocycles. The molecule has 2 N–H and O–H groups in total. The Hall–Kier alpha value is -5.51. The number of anilines is 7. The van der Waals surface area contributed by atoms with E-state index in [1.54, 1.807) is 42.3 Å². The minimum atomic E-state index is -0.896. The standard InChI is InChI=1S/C28H33F2N7O.C15H15ClF2N4/c1-28(2)15-37(21-7-5-6-20(29)25(21)30)27-24(28)26(31-3)33-22(34-27)11-19-16-8-9-17(19)14-36(13-16)18-10-23(38-4)35-32-12-18;1-15(2)7-22(9-6-4-5-8(17)11(9)18)13-10(15)12(19-3)20-14(16)21-13/h5-7,10,12,16-17,19H,8-9,11,13-15H2,1-4H3,(H,31,33,34);4-6H,7H2,1-3H3,(H,19,20,21). The van der Waals surface area contributed by atoms with Gasteiger partial charge in [-0.3, -0.25) is 0 Å². The van der Waals surface area contributed by atoms with Gasteiger partial charge in [0.25, 0.3) is 0 Å². The molecule has 1 saturated heterocycles. The van der Waals surface area contributed by atoms with Crippen molar-refractivity contribution in [3.8, 4) is 5.88 Å². The van der Waals surface area contributed by atoms with Crippen LogP contribution in [0, 0.1) is 41.0 Å². The van der Waals surface area contributed by atoms with Gasteiger partial charge in [-0.2, -0.15) is 10.1 Å². The summed E-state index contributed by atoms with van der Waals surface area (Å²) in [5, 5.41) is 14.4. The summed E-state index contributed by atoms with van der Waals surface area (Å²) in [6, 6.07) is 10.3. The lowest BCUT2D eigenvalue weighted by atomic mass is 9.82. The average Bonchev–Trinajstić information content (AvgIpc) is 3.74. The number of rotatable bonds is 8. The SMILES string of the molecule is CNc1nc(CC2C3CCC2CN(c2cnnc(OC)c2)C3)nc2c1C(C)(C)CN2c1cccc(F)c1F.CNc1nc(Cl)nc2c1C(C)(C)CN2c1cccc(F)c1F. The van der Waals surface area contributed by atoms with Crippen LogP contribution in [0.3, 0.4) is 0 Å². The van der Waals surface area contributed by atoms with Crippen LogP contribution in [0.4, 0.5) is 57.9 Å². The molecule has 5 aromatic rings. The number of ether oxygens (including phenoxy) is 1. The van der Waals surface area contributed by atoms with E-state index < -0.39 is 23.3 Å². The second kappa shape index (κ2) is 15.8. The largest absolute Gasteiger partial charge is 0.480 e. The molecule has 6 heterocycles. The van der Waals surface area contributed by atoms with Crippen molar-refractivity contribution in [1.29, 1.82) is 0 Å². The zero-order chi connectivity index (χ0) is 42.7. The van der Waals surface area contributed by atoms with E-state index >= 15 is 0 Å². The van der Waals surface area contributed by atoms with Crippen molar-refractivity contribution in [3.05, 3.63) is 94.2 Å². The van der Waals surface area contributed by atoms with Crippen molar-refractivity contribution in [2.45, 2.75) is 57.8 Å². The van der Waals surface area contributed by atoms with Gasteiger partial charge in [0, 0.05) is 74.7 Å². The van der Waals surface area contributed by atoms with Gasteiger partial charge in [-0.05, 0) is 66.5 Å². The molecule has 2 bridgehead atoms. The van der Waals surface area contributed by atoms with Crippen LogP contribution in [0.25, 0.3) is 0 Å². The number of nitrogens with zero attached hydrogens (tertiary/aromatic N) is 9. The van der Waals surface area contributed by atoms with Crippen LogP contribution in [0.5, 0.6) is 5.88 Å². The molecule has 2 aromatic carbocycles. The summed E-state index contributed by atoms with van der Waals surface area (Å²) in [6.07, 6.45) is 4.88. The molecule has 2 atom stereocenters. The number of benzene rings is 2. The number of hydrogen-bond acceptors (Lipinski definition) is 12. The monoisotopic (exact) mass is 845 g/mol. The highest BCUT2D eigenvalue weighted by Crippen LogP contribution is 2.50. The van der Waals surface area contributed by atoms with Crippen LogP contribution in [-0.2, 0) is 17.3 Å². The highest BCUT2D eigenvalue weighted by atomic mass is 35.5. The van der Waals surface area contributed by atoms with Crippen molar-refractivity contribution in [2.75, 3.05) is 72.7 Å². The number of fused-ring (bicyclic) bond motifs is 4. The first-order valence-electron chi connectivity index (χ1n) is 20.0. The van der Waals surface area contributed by atoms with Gasteiger partial charge in [0.05, 0.1) is 30.4 Å². The van der Waals surface area contributed by atoms with Gasteiger partial charge in [-0.25, -0.2) is 32.5 Å². The minimum Gasteiger partial charge on any atom is -0.480 e. The fourth-order valence-electron chi connectivity index (χ4n) is 9.61. The Morgan fingerprint density at radius 3 is 1.83 bits per heavy atom. The minimum absolute atomic E-state index is 0.0580. The van der Waals surface area contributed by atoms with Gasteiger partial charge in [-0.1, -0.05) is 39.8 Å². The maximum Gasteiger partial charge on any atom is 0.235 e. The van der Waals surface area contributed by atoms with Crippen LogP contribution in [0.2, 0.25) is 5.28 Å². The summed E-state index contributed by atoms with van der Waals surface area (Å²) >= 11 is 5.97. The van der Waals surface area contributed by atoms with Crippen molar-refractivity contribution >= 4 is 51.9 Å². The van der Waals surface area contributed by atoms with Gasteiger partial charge < -0.3 is 30.1 Å². The average molecular weight is 846 g/mol. The molecule has 1 aliphatic carbocycles. The number of aromatic nitrogens is 6. The van der Waals surface area contributed by atoms with E-state index in [-0.39, 0.29) is 27.5 Å². The predicted octanol–water partition coefficient (Wildman–Crippen LogP) is 8.61. The highest BCUT2D eigenvalue weighted by Gasteiger charge is 2.45. The van der Waals surface area contributed by atoms with Gasteiger partial charge in [0.2, 0.25) is 11.2 Å². The van der Waals surface area contributed by atoms with Crippen molar-refractivity contribution < 1.29 is 22.3 Å². The molecule has 2 fully saturated rings. The number of nitrogens with one attached hydrogen (secondary N) is 2. The molecule has 0 radical (unpaired) electrons. The lowest BCUT2D eigenvalue weighted by Crippen LogP contribution is -2.43. The summed E-state index contributed by atoms with van der Waals surface area (Å²) in [7, 11) is 5.19. The Balaban J connectivity index is 0.000000193. The number of piperidine rings is 1. The Bertz CT molecular complexity index is 2420. The van der Waals surface area contributed by atoms with Gasteiger partial charge in [0.1, 0.15) is 29.1 Å². The van der Waals surface area contributed by atoms with Crippen molar-refractivity contribution in [2.24, 2.45) is 17.8 Å². The van der Waals surface area contributed by atoms with Gasteiger partial charge in [-0.15, -0.1) is 5.10 Å². The first-order valence-corrected chi connectivity index (χ1v) is 20.4. The Kier molecular flexibility index (Phi) is 10.9. The first-order chi connectivity index (χ1) is 28.6. The molecule has 2 unspecified atom stereocenters. The summed E-state index contributed by atoms with van der Waals surface area (Å²) in [4.78, 5) is 24.2. The van der Waals surface area contributed by atoms with E-state index in [4.69, 9.17) is 26.3 Å². The van der Waals surface area contributed by atoms with Gasteiger partial charge in [0.15, 0.2) is 23.3 Å². The predicted molar refractivity (Wildman–Crippen MR) is 225 cm³/mol. The molecule has 17 heteroatoms. The van der Waals surface area contributed by atoms with Crippen LogP contribution in [0.15, 0.2) is 48.7 Å². The summed E-state index contributed by atoms with van der Waals surface area (Å²) in [5.74, 6) is 1.76. The molecule has 4 aliphatic rings. The first kappa shape index (κ1) is 41.2. The quantitative estimate of drug-likeness (QED) is 0.115. The Labute approximate surface area is 351 Å². The molecule has 60 heavy (non-hydrogen) atoms. The van der Waals surface area contributed by atoms with E-state index in [1.807, 2.05) is 27.0 Å². The second-order valence-corrected chi connectivity index (χ2v) is 17.5. The molecule has 3 aliphatic heterocycles. The maximum atomic E-state index is 14.9. The van der Waals surface area contributed by atoms with Crippen molar-refractivity contribution in [3.63, 3.8) is 0 Å². The Morgan fingerprint density at radius 1 is 0.767 bits per heavy atom. The molecule has 3 aromatic heterocycles. The number of halogens is 5. The number of hydrogen-bond donors (Lipinski definition) is 2. The van der Waals surface area contributed by atoms with E-state index in [0.717, 1.165) is 60.1 Å². The number of methoxy groups -OCH3 is 1. The third-order valence-corrected chi connectivity index (χ3v) is 12.5. The molecule has 9 rings (SSSR count). The molecule has 316 valence electrons. The fourth-order valence-corrected chi connectivity index (χ4v) is 9.77. The highest BCUT2D eigenvalue weighted by molar-refractivity contribution is 6.28. The zero-order valence-corrected chi connectivity index (χ0v) is 35.4. The third kappa shape index (κ3) is 7.36. The van der Waals surface area contributed by atoms with Crippen LogP contribution in [-0.4, -0.2) is 77.5 Å². The van der Waals surface area contributed by atoms with Crippen molar-refractivity contribution in [1.82, 2.24) is 30.1 Å². The summed E-state index contributed by atoms with van der Waals surface area (Å²) < 4.78 is 62.1. The Morgan fingerprint density at radius 2 is 1.30 bits per heavy atom. The maximum absolute atomic E-state index is 14.9. The van der Waals surface area contributed by atoms with E-state index in [1.165, 1.54) is 25.0 Å². The fraction of sp³-hybridized carbons (Fsp3) is 0.442. The normalized spacial score (nSPS) is 20.7. The van der Waals surface area contributed by atoms with Crippen LogP contribution < -0.4 is 30.1 Å². The topological polar surface area (TPSA) is 120 Å². The van der Waals surface area contributed by atoms with Gasteiger partial charge >= 0.3 is 0 Å². The molecular weight excluding hydrogens is 798 g/mol. The molecule has 0 amide bonds. The zero-order valence-electron chi connectivity index (χ0n) is 34.6. The summed E-state index contributed by atoms with van der Waals surface area (Å²) in [6.45, 7) is 11.0. The molecule has 0 spiro atoms. The summed E-state index contributed by atoms with van der Waals surface area (Å²) in [5.41, 5.74) is 2.48. The van der Waals surface area contributed by atoms with E-state index in [9.17, 15) is 17.6 Å². The lowest BCUT2D eigenvalue weighted by molar-refractivity contribution is 0.265. The second-order valence-electron chi connectivity index (χ2n) is 17.1. The third-order valence-electron chi connectivity index (χ3n) is 12.3. The lowest BCUT2D eigenvalue weighted by Gasteiger charge is -2.39. The smallest absolute Gasteiger partial charge is 0.235 e.